The van der Waals surface area contributed by atoms with Gasteiger partial charge >= 0.3 is 0 Å². The largest absolute Gasteiger partial charge is 0.345 e. The van der Waals surface area contributed by atoms with E-state index in [1.807, 2.05) is 19.1 Å². The average molecular weight is 381 g/mol. The van der Waals surface area contributed by atoms with Gasteiger partial charge in [0, 0.05) is 16.9 Å². The van der Waals surface area contributed by atoms with Gasteiger partial charge in [-0.3, -0.25) is 14.6 Å². The molecule has 7 heteroatoms. The van der Waals surface area contributed by atoms with Gasteiger partial charge in [-0.1, -0.05) is 29.8 Å². The first-order chi connectivity index (χ1) is 13.0. The van der Waals surface area contributed by atoms with Crippen molar-refractivity contribution in [2.75, 3.05) is 5.32 Å². The zero-order valence-corrected chi connectivity index (χ0v) is 15.3. The van der Waals surface area contributed by atoms with Crippen molar-refractivity contribution >= 4 is 29.1 Å². The van der Waals surface area contributed by atoms with Crippen LogP contribution in [0.3, 0.4) is 0 Å². The Morgan fingerprint density at radius 1 is 0.963 bits per heavy atom. The Morgan fingerprint density at radius 2 is 1.70 bits per heavy atom. The first-order valence-corrected chi connectivity index (χ1v) is 8.64. The first kappa shape index (κ1) is 18.5. The van der Waals surface area contributed by atoms with Crippen LogP contribution in [0, 0.1) is 6.92 Å². The van der Waals surface area contributed by atoms with Crippen molar-refractivity contribution in [2.24, 2.45) is 0 Å². The lowest BCUT2D eigenvalue weighted by Crippen LogP contribution is -2.25. The molecule has 0 unspecified atom stereocenters. The molecule has 2 amide bonds. The SMILES string of the molecule is Cc1c(Cl)cccc1NC(=O)c1cccc(C(=O)NCc2ccccn2)n1. The molecule has 0 aliphatic heterocycles. The minimum atomic E-state index is -0.417. The van der Waals surface area contributed by atoms with Crippen molar-refractivity contribution in [3.8, 4) is 0 Å². The third kappa shape index (κ3) is 4.68. The second-order valence-corrected chi connectivity index (χ2v) is 6.19. The number of carbonyl (C=O) groups excluding carboxylic acids is 2. The molecule has 0 radical (unpaired) electrons. The number of carbonyl (C=O) groups is 2. The molecule has 0 saturated carbocycles. The Morgan fingerprint density at radius 3 is 2.44 bits per heavy atom. The van der Waals surface area contributed by atoms with Crippen LogP contribution in [0.1, 0.15) is 32.2 Å². The number of benzene rings is 1. The summed E-state index contributed by atoms with van der Waals surface area (Å²) >= 11 is 6.07. The molecule has 2 heterocycles. The van der Waals surface area contributed by atoms with E-state index < -0.39 is 5.91 Å². The van der Waals surface area contributed by atoms with Gasteiger partial charge in [-0.2, -0.15) is 0 Å². The number of halogens is 1. The summed E-state index contributed by atoms with van der Waals surface area (Å²) < 4.78 is 0. The molecule has 0 bridgehead atoms. The highest BCUT2D eigenvalue weighted by molar-refractivity contribution is 6.31. The summed E-state index contributed by atoms with van der Waals surface area (Å²) in [6, 6.07) is 15.4. The summed E-state index contributed by atoms with van der Waals surface area (Å²) in [4.78, 5) is 33.1. The predicted octanol–water partition coefficient (Wildman–Crippen LogP) is 3.62. The summed E-state index contributed by atoms with van der Waals surface area (Å²) in [5.74, 6) is -0.797. The minimum absolute atomic E-state index is 0.139. The molecule has 3 aromatic rings. The number of hydrogen-bond donors (Lipinski definition) is 2. The number of anilines is 1. The summed E-state index contributed by atoms with van der Waals surface area (Å²) in [7, 11) is 0. The molecule has 2 aromatic heterocycles. The topological polar surface area (TPSA) is 84.0 Å². The van der Waals surface area contributed by atoms with E-state index in [0.717, 1.165) is 11.3 Å². The van der Waals surface area contributed by atoms with Crippen LogP contribution in [0.2, 0.25) is 5.02 Å². The monoisotopic (exact) mass is 380 g/mol. The molecule has 0 spiro atoms. The highest BCUT2D eigenvalue weighted by Crippen LogP contribution is 2.23. The van der Waals surface area contributed by atoms with Crippen molar-refractivity contribution < 1.29 is 9.59 Å². The quantitative estimate of drug-likeness (QED) is 0.708. The second kappa shape index (κ2) is 8.42. The number of rotatable bonds is 5. The molecular weight excluding hydrogens is 364 g/mol. The Bertz CT molecular complexity index is 977. The van der Waals surface area contributed by atoms with Gasteiger partial charge in [-0.25, -0.2) is 4.98 Å². The van der Waals surface area contributed by atoms with Crippen LogP contribution in [0.15, 0.2) is 60.8 Å². The Balaban J connectivity index is 1.70. The van der Waals surface area contributed by atoms with E-state index in [4.69, 9.17) is 11.6 Å². The Labute approximate surface area is 161 Å². The summed E-state index contributed by atoms with van der Waals surface area (Å²) in [5.41, 5.74) is 2.38. The van der Waals surface area contributed by atoms with Gasteiger partial charge in [-0.15, -0.1) is 0 Å². The lowest BCUT2D eigenvalue weighted by Gasteiger charge is -2.10. The minimum Gasteiger partial charge on any atom is -0.345 e. The summed E-state index contributed by atoms with van der Waals surface area (Å²) in [5, 5.41) is 6.06. The lowest BCUT2D eigenvalue weighted by molar-refractivity contribution is 0.0945. The third-order valence-corrected chi connectivity index (χ3v) is 4.30. The molecule has 3 rings (SSSR count). The standard InChI is InChI=1S/C20H17ClN4O2/c1-13-15(21)7-4-8-16(13)25-20(27)18-10-5-9-17(24-18)19(26)23-12-14-6-2-3-11-22-14/h2-11H,12H2,1H3,(H,23,26)(H,25,27). The fourth-order valence-corrected chi connectivity index (χ4v) is 2.56. The Kier molecular flexibility index (Phi) is 5.78. The van der Waals surface area contributed by atoms with Crippen molar-refractivity contribution in [3.05, 3.63) is 88.5 Å². The fourth-order valence-electron chi connectivity index (χ4n) is 2.38. The van der Waals surface area contributed by atoms with Crippen LogP contribution in [-0.4, -0.2) is 21.8 Å². The molecule has 6 nitrogen and oxygen atoms in total. The zero-order valence-electron chi connectivity index (χ0n) is 14.6. The van der Waals surface area contributed by atoms with E-state index in [-0.39, 0.29) is 23.8 Å². The molecule has 0 aliphatic rings. The van der Waals surface area contributed by atoms with Gasteiger partial charge in [0.05, 0.1) is 12.2 Å². The summed E-state index contributed by atoms with van der Waals surface area (Å²) in [6.45, 7) is 2.09. The van der Waals surface area contributed by atoms with Gasteiger partial charge in [-0.05, 0) is 48.9 Å². The van der Waals surface area contributed by atoms with Crippen LogP contribution >= 0.6 is 11.6 Å². The molecule has 1 aromatic carbocycles. The maximum atomic E-state index is 12.5. The number of amides is 2. The maximum Gasteiger partial charge on any atom is 0.274 e. The Hall–Kier alpha value is -3.25. The number of hydrogen-bond acceptors (Lipinski definition) is 4. The van der Waals surface area contributed by atoms with Crippen molar-refractivity contribution in [3.63, 3.8) is 0 Å². The van der Waals surface area contributed by atoms with Crippen LogP contribution in [0.25, 0.3) is 0 Å². The predicted molar refractivity (Wildman–Crippen MR) is 104 cm³/mol. The van der Waals surface area contributed by atoms with Gasteiger partial charge in [0.2, 0.25) is 0 Å². The number of nitrogens with one attached hydrogen (secondary N) is 2. The smallest absolute Gasteiger partial charge is 0.274 e. The van der Waals surface area contributed by atoms with E-state index in [1.165, 1.54) is 0 Å². The lowest BCUT2D eigenvalue weighted by atomic mass is 10.2. The molecule has 0 saturated heterocycles. The maximum absolute atomic E-state index is 12.5. The second-order valence-electron chi connectivity index (χ2n) is 5.78. The van der Waals surface area contributed by atoms with Crippen LogP contribution in [-0.2, 0) is 6.54 Å². The van der Waals surface area contributed by atoms with Crippen molar-refractivity contribution in [2.45, 2.75) is 13.5 Å². The molecule has 27 heavy (non-hydrogen) atoms. The third-order valence-electron chi connectivity index (χ3n) is 3.89. The van der Waals surface area contributed by atoms with Crippen LogP contribution in [0.4, 0.5) is 5.69 Å². The molecule has 0 fully saturated rings. The van der Waals surface area contributed by atoms with Crippen molar-refractivity contribution in [1.29, 1.82) is 0 Å². The van der Waals surface area contributed by atoms with Gasteiger partial charge < -0.3 is 10.6 Å². The van der Waals surface area contributed by atoms with E-state index >= 15 is 0 Å². The highest BCUT2D eigenvalue weighted by Gasteiger charge is 2.14. The molecule has 0 atom stereocenters. The zero-order chi connectivity index (χ0) is 19.2. The van der Waals surface area contributed by atoms with E-state index in [9.17, 15) is 9.59 Å². The van der Waals surface area contributed by atoms with Crippen LogP contribution < -0.4 is 10.6 Å². The van der Waals surface area contributed by atoms with Gasteiger partial charge in [0.25, 0.3) is 11.8 Å². The average Bonchev–Trinajstić information content (AvgIpc) is 2.70. The highest BCUT2D eigenvalue weighted by atomic mass is 35.5. The van der Waals surface area contributed by atoms with Crippen molar-refractivity contribution in [1.82, 2.24) is 15.3 Å². The molecule has 2 N–H and O–H groups in total. The van der Waals surface area contributed by atoms with Crippen LogP contribution in [0.5, 0.6) is 0 Å². The number of pyridine rings is 2. The fraction of sp³-hybridized carbons (Fsp3) is 0.100. The normalized spacial score (nSPS) is 10.3. The van der Waals surface area contributed by atoms with E-state index in [2.05, 4.69) is 20.6 Å². The number of aromatic nitrogens is 2. The van der Waals surface area contributed by atoms with E-state index in [1.54, 1.807) is 48.7 Å². The van der Waals surface area contributed by atoms with Gasteiger partial charge in [0.15, 0.2) is 0 Å². The first-order valence-electron chi connectivity index (χ1n) is 8.26. The van der Waals surface area contributed by atoms with Gasteiger partial charge in [0.1, 0.15) is 11.4 Å². The molecule has 136 valence electrons. The van der Waals surface area contributed by atoms with E-state index in [0.29, 0.717) is 10.7 Å². The molecular formula is C20H17ClN4O2. The number of nitrogens with zero attached hydrogens (tertiary/aromatic N) is 2. The summed E-state index contributed by atoms with van der Waals surface area (Å²) in [6.07, 6.45) is 1.66. The molecule has 0 aliphatic carbocycles.